The monoisotopic (exact) mass is 299 g/mol. The van der Waals surface area contributed by atoms with Crippen molar-refractivity contribution in [1.82, 2.24) is 14.7 Å². The highest BCUT2D eigenvalue weighted by Crippen LogP contribution is 2.23. The average molecular weight is 300 g/mol. The second kappa shape index (κ2) is 5.32. The van der Waals surface area contributed by atoms with E-state index in [1.54, 1.807) is 31.5 Å². The first-order valence-electron chi connectivity index (χ1n) is 5.68. The van der Waals surface area contributed by atoms with Gasteiger partial charge < -0.3 is 4.98 Å². The molecule has 0 amide bonds. The second-order valence-corrected chi connectivity index (χ2v) is 6.34. The topological polar surface area (TPSA) is 74.8 Å². The molecule has 1 unspecified atom stereocenters. The lowest BCUT2D eigenvalue weighted by atomic mass is 10.2. The first-order valence-corrected chi connectivity index (χ1v) is 7.54. The van der Waals surface area contributed by atoms with Gasteiger partial charge in [-0.3, -0.25) is 0 Å². The summed E-state index contributed by atoms with van der Waals surface area (Å²) in [5.41, 5.74) is 0.906. The molecule has 19 heavy (non-hydrogen) atoms. The van der Waals surface area contributed by atoms with Crippen LogP contribution in [0.4, 0.5) is 0 Å². The molecule has 5 nitrogen and oxygen atoms in total. The zero-order valence-electron chi connectivity index (χ0n) is 10.5. The molecule has 1 aromatic carbocycles. The number of hydrogen-bond acceptors (Lipinski definition) is 3. The van der Waals surface area contributed by atoms with E-state index in [4.69, 9.17) is 11.6 Å². The highest BCUT2D eigenvalue weighted by molar-refractivity contribution is 7.89. The molecule has 7 heteroatoms. The number of sulfonamides is 1. The Morgan fingerprint density at radius 3 is 2.74 bits per heavy atom. The lowest BCUT2D eigenvalue weighted by Crippen LogP contribution is -2.27. The van der Waals surface area contributed by atoms with Crippen LogP contribution in [-0.2, 0) is 10.0 Å². The van der Waals surface area contributed by atoms with Crippen LogP contribution in [0.5, 0.6) is 0 Å². The Hall–Kier alpha value is -1.37. The number of imidazole rings is 1. The lowest BCUT2D eigenvalue weighted by Gasteiger charge is -2.13. The molecule has 0 fully saturated rings. The maximum Gasteiger partial charge on any atom is 0.242 e. The molecule has 1 heterocycles. The van der Waals surface area contributed by atoms with Crippen molar-refractivity contribution in [2.75, 3.05) is 0 Å². The maximum atomic E-state index is 12.2. The normalized spacial score (nSPS) is 13.4. The number of rotatable bonds is 4. The Labute approximate surface area is 117 Å². The Morgan fingerprint density at radius 2 is 2.16 bits per heavy atom. The highest BCUT2D eigenvalue weighted by atomic mass is 35.5. The van der Waals surface area contributed by atoms with Gasteiger partial charge in [0.05, 0.1) is 11.1 Å². The molecule has 0 saturated carbocycles. The van der Waals surface area contributed by atoms with Crippen molar-refractivity contribution in [3.63, 3.8) is 0 Å². The van der Waals surface area contributed by atoms with Gasteiger partial charge in [-0.2, -0.15) is 0 Å². The van der Waals surface area contributed by atoms with Gasteiger partial charge >= 0.3 is 0 Å². The molecule has 0 aliphatic carbocycles. The summed E-state index contributed by atoms with van der Waals surface area (Å²) in [6.45, 7) is 3.56. The number of nitrogens with one attached hydrogen (secondary N) is 2. The fourth-order valence-electron chi connectivity index (χ4n) is 1.69. The largest absolute Gasteiger partial charge is 0.347 e. The molecule has 1 aromatic heterocycles. The summed E-state index contributed by atoms with van der Waals surface area (Å²) < 4.78 is 27.0. The molecular weight excluding hydrogens is 286 g/mol. The zero-order valence-corrected chi connectivity index (χ0v) is 12.1. The Balaban J connectivity index is 2.28. The number of halogens is 1. The van der Waals surface area contributed by atoms with E-state index in [2.05, 4.69) is 14.7 Å². The van der Waals surface area contributed by atoms with E-state index < -0.39 is 16.1 Å². The van der Waals surface area contributed by atoms with Crippen molar-refractivity contribution in [2.24, 2.45) is 0 Å². The van der Waals surface area contributed by atoms with Crippen LogP contribution in [0.2, 0.25) is 5.02 Å². The van der Waals surface area contributed by atoms with E-state index in [1.165, 1.54) is 6.07 Å². The minimum Gasteiger partial charge on any atom is -0.347 e. The van der Waals surface area contributed by atoms with Gasteiger partial charge in [0.25, 0.3) is 0 Å². The fourth-order valence-corrected chi connectivity index (χ4v) is 3.50. The summed E-state index contributed by atoms with van der Waals surface area (Å²) in [4.78, 5) is 6.95. The Kier molecular flexibility index (Phi) is 3.93. The number of benzene rings is 1. The molecule has 102 valence electrons. The van der Waals surface area contributed by atoms with Crippen molar-refractivity contribution in [3.8, 4) is 0 Å². The average Bonchev–Trinajstić information content (AvgIpc) is 2.80. The third-order valence-corrected chi connectivity index (χ3v) is 4.66. The van der Waals surface area contributed by atoms with Crippen molar-refractivity contribution in [3.05, 3.63) is 47.0 Å². The summed E-state index contributed by atoms with van der Waals surface area (Å²) >= 11 is 5.98. The predicted octanol–water partition coefficient (Wildman–Crippen LogP) is 2.41. The molecule has 0 aliphatic rings. The van der Waals surface area contributed by atoms with E-state index in [0.29, 0.717) is 5.82 Å². The predicted molar refractivity (Wildman–Crippen MR) is 73.5 cm³/mol. The van der Waals surface area contributed by atoms with E-state index in [9.17, 15) is 8.42 Å². The van der Waals surface area contributed by atoms with Crippen molar-refractivity contribution < 1.29 is 8.42 Å². The number of nitrogens with zero attached hydrogens (tertiary/aromatic N) is 1. The van der Waals surface area contributed by atoms with Crippen LogP contribution in [0, 0.1) is 6.92 Å². The number of hydrogen-bond donors (Lipinski definition) is 2. The first-order chi connectivity index (χ1) is 8.90. The van der Waals surface area contributed by atoms with Gasteiger partial charge in [0.15, 0.2) is 0 Å². The van der Waals surface area contributed by atoms with Gasteiger partial charge in [-0.1, -0.05) is 17.7 Å². The minimum atomic E-state index is -3.67. The number of aryl methyl sites for hydroxylation is 1. The second-order valence-electron chi connectivity index (χ2n) is 4.25. The van der Waals surface area contributed by atoms with Crippen LogP contribution in [0.1, 0.15) is 24.4 Å². The van der Waals surface area contributed by atoms with Crippen molar-refractivity contribution >= 4 is 21.6 Å². The smallest absolute Gasteiger partial charge is 0.242 e. The lowest BCUT2D eigenvalue weighted by molar-refractivity contribution is 0.561. The van der Waals surface area contributed by atoms with Crippen LogP contribution >= 0.6 is 11.6 Å². The van der Waals surface area contributed by atoms with Gasteiger partial charge in [-0.05, 0) is 31.5 Å². The maximum absolute atomic E-state index is 12.2. The van der Waals surface area contributed by atoms with Crippen LogP contribution in [0.15, 0.2) is 35.5 Å². The third-order valence-electron chi connectivity index (χ3n) is 2.64. The van der Waals surface area contributed by atoms with Crippen LogP contribution < -0.4 is 4.72 Å². The molecule has 2 N–H and O–H groups in total. The highest BCUT2D eigenvalue weighted by Gasteiger charge is 2.22. The van der Waals surface area contributed by atoms with Gasteiger partial charge in [0.1, 0.15) is 10.7 Å². The molecule has 0 saturated heterocycles. The minimum absolute atomic E-state index is 0.0678. The number of aromatic nitrogens is 2. The fraction of sp³-hybridized carbons (Fsp3) is 0.250. The molecule has 2 aromatic rings. The van der Waals surface area contributed by atoms with Gasteiger partial charge in [0, 0.05) is 12.4 Å². The van der Waals surface area contributed by atoms with E-state index in [0.717, 1.165) is 5.56 Å². The van der Waals surface area contributed by atoms with E-state index in [-0.39, 0.29) is 9.92 Å². The summed E-state index contributed by atoms with van der Waals surface area (Å²) in [6, 6.07) is 4.36. The van der Waals surface area contributed by atoms with E-state index in [1.807, 2.05) is 6.92 Å². The molecular formula is C12H14ClN3O2S. The number of aromatic amines is 1. The third kappa shape index (κ3) is 3.15. The van der Waals surface area contributed by atoms with Crippen molar-refractivity contribution in [1.29, 1.82) is 0 Å². The molecule has 0 bridgehead atoms. The summed E-state index contributed by atoms with van der Waals surface area (Å²) in [7, 11) is -3.67. The van der Waals surface area contributed by atoms with Gasteiger partial charge in [0.2, 0.25) is 10.0 Å². The van der Waals surface area contributed by atoms with Crippen molar-refractivity contribution in [2.45, 2.75) is 24.8 Å². The summed E-state index contributed by atoms with van der Waals surface area (Å²) in [5.74, 6) is 0.548. The number of H-pyrrole nitrogens is 1. The Morgan fingerprint density at radius 1 is 1.42 bits per heavy atom. The quantitative estimate of drug-likeness (QED) is 0.910. The Bertz CT molecular complexity index is 668. The molecule has 2 rings (SSSR count). The van der Waals surface area contributed by atoms with Crippen LogP contribution in [0.25, 0.3) is 0 Å². The standard InChI is InChI=1S/C12H14ClN3O2S/c1-8-3-4-11(10(13)7-8)19(17,18)16-9(2)12-14-5-6-15-12/h3-7,9,16H,1-2H3,(H,14,15). The summed E-state index contributed by atoms with van der Waals surface area (Å²) in [5, 5.41) is 0.208. The van der Waals surface area contributed by atoms with Crippen LogP contribution in [-0.4, -0.2) is 18.4 Å². The van der Waals surface area contributed by atoms with E-state index >= 15 is 0 Å². The molecule has 0 spiro atoms. The van der Waals surface area contributed by atoms with Crippen LogP contribution in [0.3, 0.4) is 0 Å². The molecule has 0 radical (unpaired) electrons. The first kappa shape index (κ1) is 14.0. The molecule has 1 atom stereocenters. The summed E-state index contributed by atoms with van der Waals surface area (Å²) in [6.07, 6.45) is 3.21. The SMILES string of the molecule is Cc1ccc(S(=O)(=O)NC(C)c2ncc[nH]2)c(Cl)c1. The van der Waals surface area contributed by atoms with Gasteiger partial charge in [-0.25, -0.2) is 18.1 Å². The zero-order chi connectivity index (χ0) is 14.0. The van der Waals surface area contributed by atoms with Gasteiger partial charge in [-0.15, -0.1) is 0 Å². The molecule has 0 aliphatic heterocycles.